The van der Waals surface area contributed by atoms with Gasteiger partial charge < -0.3 is 5.73 Å². The molecule has 0 aliphatic heterocycles. The van der Waals surface area contributed by atoms with Gasteiger partial charge in [-0.15, -0.1) is 0 Å². The molecule has 0 aromatic heterocycles. The second kappa shape index (κ2) is 4.66. The number of benzene rings is 2. The number of nitrogens with zero attached hydrogens (tertiary/aromatic N) is 2. The Kier molecular flexibility index (Phi) is 3.21. The van der Waals surface area contributed by atoms with Crippen LogP contribution in [0.4, 0.5) is 5.69 Å². The number of rotatable bonds is 2. The summed E-state index contributed by atoms with van der Waals surface area (Å²) >= 11 is 0. The maximum atomic E-state index is 12.3. The van der Waals surface area contributed by atoms with Crippen LogP contribution >= 0.6 is 0 Å². The molecular weight excluding hydrogens is 226 g/mol. The minimum atomic E-state index is -0.108. The lowest BCUT2D eigenvalue weighted by Crippen LogP contribution is -2.38. The predicted molar refractivity (Wildman–Crippen MR) is 74.1 cm³/mol. The fourth-order valence-electron chi connectivity index (χ4n) is 1.80. The fraction of sp³-hybridized carbons (Fsp3) is 0.214. The monoisotopic (exact) mass is 243 g/mol. The molecule has 0 aliphatic rings. The Morgan fingerprint density at radius 2 is 1.61 bits per heavy atom. The summed E-state index contributed by atoms with van der Waals surface area (Å²) in [4.78, 5) is 12.3. The van der Waals surface area contributed by atoms with Crippen LogP contribution in [0.25, 0.3) is 10.8 Å². The van der Waals surface area contributed by atoms with Crippen LogP contribution < -0.4 is 5.73 Å². The molecule has 0 unspecified atom stereocenters. The molecule has 0 saturated heterocycles. The lowest BCUT2D eigenvalue weighted by atomic mass is 10.0. The van der Waals surface area contributed by atoms with E-state index in [0.717, 1.165) is 10.8 Å². The number of amides is 1. The van der Waals surface area contributed by atoms with Crippen molar-refractivity contribution in [1.82, 2.24) is 10.0 Å². The van der Waals surface area contributed by atoms with Crippen LogP contribution in [-0.4, -0.2) is 37.1 Å². The normalized spacial score (nSPS) is 10.9. The highest BCUT2D eigenvalue weighted by molar-refractivity contribution is 6.03. The summed E-state index contributed by atoms with van der Waals surface area (Å²) < 4.78 is 0. The number of hydrazine groups is 1. The van der Waals surface area contributed by atoms with Crippen LogP contribution in [0.2, 0.25) is 0 Å². The minimum absolute atomic E-state index is 0.108. The van der Waals surface area contributed by atoms with Crippen LogP contribution in [0.3, 0.4) is 0 Å². The molecule has 0 aliphatic carbocycles. The van der Waals surface area contributed by atoms with E-state index in [2.05, 4.69) is 0 Å². The number of hydrogen-bond acceptors (Lipinski definition) is 3. The summed E-state index contributed by atoms with van der Waals surface area (Å²) in [5.41, 5.74) is 7.00. The molecule has 0 heterocycles. The zero-order valence-corrected chi connectivity index (χ0v) is 10.8. The summed E-state index contributed by atoms with van der Waals surface area (Å²) in [6, 6.07) is 11.5. The van der Waals surface area contributed by atoms with Gasteiger partial charge >= 0.3 is 0 Å². The SMILES string of the molecule is CN(C)N(C)C(=O)c1cc2ccccc2cc1N. The van der Waals surface area contributed by atoms with Crippen LogP contribution in [-0.2, 0) is 0 Å². The number of hydrogen-bond donors (Lipinski definition) is 1. The number of carbonyl (C=O) groups is 1. The first kappa shape index (κ1) is 12.4. The summed E-state index contributed by atoms with van der Waals surface area (Å²) in [6.07, 6.45) is 0. The first-order valence-electron chi connectivity index (χ1n) is 5.74. The first-order chi connectivity index (χ1) is 8.50. The number of nitrogens with two attached hydrogens (primary N) is 1. The maximum absolute atomic E-state index is 12.3. The third-order valence-corrected chi connectivity index (χ3v) is 3.04. The van der Waals surface area contributed by atoms with Crippen molar-refractivity contribution in [1.29, 1.82) is 0 Å². The third kappa shape index (κ3) is 2.15. The Balaban J connectivity index is 2.51. The van der Waals surface area contributed by atoms with Gasteiger partial charge in [-0.3, -0.25) is 9.80 Å². The summed E-state index contributed by atoms with van der Waals surface area (Å²) in [5.74, 6) is -0.108. The highest BCUT2D eigenvalue weighted by atomic mass is 16.2. The predicted octanol–water partition coefficient (Wildman–Crippen LogP) is 1.97. The van der Waals surface area contributed by atoms with Crippen molar-refractivity contribution < 1.29 is 4.79 Å². The topological polar surface area (TPSA) is 49.6 Å². The summed E-state index contributed by atoms with van der Waals surface area (Å²) in [6.45, 7) is 0. The van der Waals surface area contributed by atoms with Crippen molar-refractivity contribution in [3.8, 4) is 0 Å². The molecule has 18 heavy (non-hydrogen) atoms. The van der Waals surface area contributed by atoms with E-state index in [1.807, 2.05) is 50.5 Å². The third-order valence-electron chi connectivity index (χ3n) is 3.04. The molecule has 2 aromatic rings. The van der Waals surface area contributed by atoms with Crippen molar-refractivity contribution in [3.63, 3.8) is 0 Å². The largest absolute Gasteiger partial charge is 0.398 e. The Morgan fingerprint density at radius 3 is 2.17 bits per heavy atom. The first-order valence-corrected chi connectivity index (χ1v) is 5.74. The molecule has 0 bridgehead atoms. The number of nitrogen functional groups attached to an aromatic ring is 1. The molecule has 0 saturated carbocycles. The van der Waals surface area contributed by atoms with Gasteiger partial charge in [0.2, 0.25) is 0 Å². The standard InChI is InChI=1S/C14H17N3O/c1-16(2)17(3)14(18)12-8-10-6-4-5-7-11(10)9-13(12)15/h4-9H,15H2,1-3H3. The summed E-state index contributed by atoms with van der Waals surface area (Å²) in [7, 11) is 5.35. The van der Waals surface area contributed by atoms with Crippen molar-refractivity contribution >= 4 is 22.4 Å². The number of carbonyl (C=O) groups excluding carboxylic acids is 1. The van der Waals surface area contributed by atoms with E-state index in [9.17, 15) is 4.79 Å². The Morgan fingerprint density at radius 1 is 1.06 bits per heavy atom. The van der Waals surface area contributed by atoms with E-state index in [-0.39, 0.29) is 5.91 Å². The van der Waals surface area contributed by atoms with Crippen LogP contribution in [0.1, 0.15) is 10.4 Å². The number of fused-ring (bicyclic) bond motifs is 1. The second-order valence-electron chi connectivity index (χ2n) is 4.46. The second-order valence-corrected chi connectivity index (χ2v) is 4.46. The van der Waals surface area contributed by atoms with Gasteiger partial charge in [0.25, 0.3) is 5.91 Å². The highest BCUT2D eigenvalue weighted by Gasteiger charge is 2.16. The molecule has 1 amide bonds. The molecule has 94 valence electrons. The average molecular weight is 243 g/mol. The van der Waals surface area contributed by atoms with Crippen LogP contribution in [0, 0.1) is 0 Å². The zero-order chi connectivity index (χ0) is 13.3. The van der Waals surface area contributed by atoms with Crippen molar-refractivity contribution in [2.45, 2.75) is 0 Å². The highest BCUT2D eigenvalue weighted by Crippen LogP contribution is 2.22. The van der Waals surface area contributed by atoms with Gasteiger partial charge in [0.1, 0.15) is 0 Å². The van der Waals surface area contributed by atoms with Gasteiger partial charge in [-0.1, -0.05) is 24.3 Å². The summed E-state index contributed by atoms with van der Waals surface area (Å²) in [5, 5.41) is 5.30. The average Bonchev–Trinajstić information content (AvgIpc) is 2.36. The van der Waals surface area contributed by atoms with Crippen LogP contribution in [0.15, 0.2) is 36.4 Å². The zero-order valence-electron chi connectivity index (χ0n) is 10.8. The van der Waals surface area contributed by atoms with Crippen molar-refractivity contribution in [3.05, 3.63) is 42.0 Å². The molecule has 0 fully saturated rings. The minimum Gasteiger partial charge on any atom is -0.398 e. The van der Waals surface area contributed by atoms with E-state index in [4.69, 9.17) is 5.73 Å². The molecule has 2 aromatic carbocycles. The lowest BCUT2D eigenvalue weighted by molar-refractivity contribution is 0.0343. The molecule has 4 heteroatoms. The van der Waals surface area contributed by atoms with Gasteiger partial charge in [0.15, 0.2) is 0 Å². The van der Waals surface area contributed by atoms with Gasteiger partial charge in [-0.25, -0.2) is 5.01 Å². The molecule has 2 N–H and O–H groups in total. The van der Waals surface area contributed by atoms with Crippen molar-refractivity contribution in [2.24, 2.45) is 0 Å². The maximum Gasteiger partial charge on any atom is 0.269 e. The Labute approximate surface area is 107 Å². The van der Waals surface area contributed by atoms with E-state index in [0.29, 0.717) is 11.3 Å². The van der Waals surface area contributed by atoms with Gasteiger partial charge in [0, 0.05) is 26.8 Å². The van der Waals surface area contributed by atoms with E-state index < -0.39 is 0 Å². The lowest BCUT2D eigenvalue weighted by Gasteiger charge is -2.24. The molecule has 4 nitrogen and oxygen atoms in total. The van der Waals surface area contributed by atoms with Gasteiger partial charge in [-0.05, 0) is 22.9 Å². The Bertz CT molecular complexity index is 593. The molecule has 0 spiro atoms. The molecule has 0 radical (unpaired) electrons. The molecule has 2 rings (SSSR count). The van der Waals surface area contributed by atoms with Crippen molar-refractivity contribution in [2.75, 3.05) is 26.9 Å². The van der Waals surface area contributed by atoms with E-state index >= 15 is 0 Å². The fourth-order valence-corrected chi connectivity index (χ4v) is 1.80. The molecule has 0 atom stereocenters. The van der Waals surface area contributed by atoms with Gasteiger partial charge in [0.05, 0.1) is 5.56 Å². The van der Waals surface area contributed by atoms with E-state index in [1.54, 1.807) is 12.1 Å². The number of anilines is 1. The quantitative estimate of drug-likeness (QED) is 0.648. The molecular formula is C14H17N3O. The van der Waals surface area contributed by atoms with Crippen LogP contribution in [0.5, 0.6) is 0 Å². The smallest absolute Gasteiger partial charge is 0.269 e. The Hall–Kier alpha value is -2.07. The van der Waals surface area contributed by atoms with E-state index in [1.165, 1.54) is 5.01 Å². The van der Waals surface area contributed by atoms with Gasteiger partial charge in [-0.2, -0.15) is 0 Å².